The summed E-state index contributed by atoms with van der Waals surface area (Å²) in [7, 11) is 0. The van der Waals surface area contributed by atoms with Crippen molar-refractivity contribution in [1.29, 1.82) is 0 Å². The molecule has 0 atom stereocenters. The Morgan fingerprint density at radius 3 is 2.55 bits per heavy atom. The number of halogens is 2. The van der Waals surface area contributed by atoms with Crippen LogP contribution in [0, 0.1) is 17.0 Å². The fourth-order valence-corrected chi connectivity index (χ4v) is 2.02. The second kappa shape index (κ2) is 5.87. The number of hydrogen-bond donors (Lipinski definition) is 1. The highest BCUT2D eigenvalue weighted by molar-refractivity contribution is 5.75. The molecule has 2 aromatic rings. The molecule has 0 unspecified atom stereocenters. The molecular formula is C15H21F2N3. The Balaban J connectivity index is 1.92. The van der Waals surface area contributed by atoms with Crippen molar-refractivity contribution >= 4 is 11.0 Å². The van der Waals surface area contributed by atoms with Gasteiger partial charge < -0.3 is 9.88 Å². The SMILES string of the molecule is CC(C)(C)CCNCCn1cnc2cc(F)c(F)cc21. The van der Waals surface area contributed by atoms with Crippen molar-refractivity contribution in [3.63, 3.8) is 0 Å². The van der Waals surface area contributed by atoms with E-state index in [1.165, 1.54) is 6.07 Å². The fraction of sp³-hybridized carbons (Fsp3) is 0.533. The van der Waals surface area contributed by atoms with Crippen molar-refractivity contribution < 1.29 is 8.78 Å². The van der Waals surface area contributed by atoms with E-state index in [1.54, 1.807) is 6.33 Å². The normalized spacial score (nSPS) is 12.2. The third-order valence-electron chi connectivity index (χ3n) is 3.24. The zero-order valence-corrected chi connectivity index (χ0v) is 12.2. The number of imidazole rings is 1. The number of benzene rings is 1. The van der Waals surface area contributed by atoms with Gasteiger partial charge in [-0.1, -0.05) is 20.8 Å². The zero-order chi connectivity index (χ0) is 14.8. The number of fused-ring (bicyclic) bond motifs is 1. The molecule has 110 valence electrons. The van der Waals surface area contributed by atoms with E-state index in [2.05, 4.69) is 31.1 Å². The lowest BCUT2D eigenvalue weighted by Crippen LogP contribution is -2.24. The Hall–Kier alpha value is -1.49. The lowest BCUT2D eigenvalue weighted by Gasteiger charge is -2.18. The van der Waals surface area contributed by atoms with Gasteiger partial charge in [-0.25, -0.2) is 13.8 Å². The van der Waals surface area contributed by atoms with E-state index in [9.17, 15) is 8.78 Å². The monoisotopic (exact) mass is 281 g/mol. The Morgan fingerprint density at radius 1 is 1.15 bits per heavy atom. The first-order chi connectivity index (χ1) is 9.37. The molecule has 0 radical (unpaired) electrons. The molecular weight excluding hydrogens is 260 g/mol. The third-order valence-corrected chi connectivity index (χ3v) is 3.24. The van der Waals surface area contributed by atoms with E-state index in [4.69, 9.17) is 0 Å². The molecule has 0 saturated heterocycles. The maximum Gasteiger partial charge on any atom is 0.161 e. The van der Waals surface area contributed by atoms with Crippen molar-refractivity contribution in [2.75, 3.05) is 13.1 Å². The minimum absolute atomic E-state index is 0.315. The maximum absolute atomic E-state index is 13.2. The van der Waals surface area contributed by atoms with E-state index in [1.807, 2.05) is 4.57 Å². The summed E-state index contributed by atoms with van der Waals surface area (Å²) in [6.45, 7) is 9.02. The Labute approximate surface area is 118 Å². The number of nitrogens with zero attached hydrogens (tertiary/aromatic N) is 2. The van der Waals surface area contributed by atoms with Crippen LogP contribution < -0.4 is 5.32 Å². The number of hydrogen-bond acceptors (Lipinski definition) is 2. The van der Waals surface area contributed by atoms with Gasteiger partial charge in [0, 0.05) is 25.2 Å². The number of nitrogens with one attached hydrogen (secondary N) is 1. The number of rotatable bonds is 5. The van der Waals surface area contributed by atoms with Crippen LogP contribution in [0.4, 0.5) is 8.78 Å². The van der Waals surface area contributed by atoms with E-state index >= 15 is 0 Å². The predicted octanol–water partition coefficient (Wildman–Crippen LogP) is 3.34. The highest BCUT2D eigenvalue weighted by atomic mass is 19.2. The largest absolute Gasteiger partial charge is 0.329 e. The van der Waals surface area contributed by atoms with E-state index in [-0.39, 0.29) is 0 Å². The standard InChI is InChI=1S/C15H21F2N3/c1-15(2,3)4-5-18-6-7-20-10-19-13-8-11(16)12(17)9-14(13)20/h8-10,18H,4-7H2,1-3H3. The molecule has 2 rings (SSSR count). The first kappa shape index (κ1) is 14.9. The van der Waals surface area contributed by atoms with Crippen LogP contribution in [0.15, 0.2) is 18.5 Å². The summed E-state index contributed by atoms with van der Waals surface area (Å²) < 4.78 is 28.2. The van der Waals surface area contributed by atoms with Crippen molar-refractivity contribution in [2.45, 2.75) is 33.7 Å². The molecule has 5 heteroatoms. The summed E-state index contributed by atoms with van der Waals surface area (Å²) in [6.07, 6.45) is 2.71. The first-order valence-corrected chi connectivity index (χ1v) is 6.87. The van der Waals surface area contributed by atoms with Crippen LogP contribution in [0.1, 0.15) is 27.2 Å². The van der Waals surface area contributed by atoms with Gasteiger partial charge in [0.2, 0.25) is 0 Å². The molecule has 0 saturated carbocycles. The minimum atomic E-state index is -0.856. The lowest BCUT2D eigenvalue weighted by molar-refractivity contribution is 0.365. The summed E-state index contributed by atoms with van der Waals surface area (Å²) in [5, 5.41) is 3.35. The van der Waals surface area contributed by atoms with E-state index in [0.29, 0.717) is 23.0 Å². The molecule has 1 N–H and O–H groups in total. The summed E-state index contributed by atoms with van der Waals surface area (Å²) in [4.78, 5) is 4.09. The Morgan fingerprint density at radius 2 is 1.85 bits per heavy atom. The molecule has 0 aliphatic rings. The van der Waals surface area contributed by atoms with Gasteiger partial charge in [0.1, 0.15) is 0 Å². The minimum Gasteiger partial charge on any atom is -0.329 e. The van der Waals surface area contributed by atoms with E-state index < -0.39 is 11.6 Å². The van der Waals surface area contributed by atoms with Crippen LogP contribution in [0.2, 0.25) is 0 Å². The summed E-state index contributed by atoms with van der Waals surface area (Å²) in [5.41, 5.74) is 1.43. The summed E-state index contributed by atoms with van der Waals surface area (Å²) >= 11 is 0. The van der Waals surface area contributed by atoms with Crippen LogP contribution in [-0.4, -0.2) is 22.6 Å². The summed E-state index contributed by atoms with van der Waals surface area (Å²) in [5.74, 6) is -1.69. The van der Waals surface area contributed by atoms with Gasteiger partial charge in [-0.05, 0) is 18.4 Å². The Kier molecular flexibility index (Phi) is 4.38. The van der Waals surface area contributed by atoms with Crippen molar-refractivity contribution in [2.24, 2.45) is 5.41 Å². The second-order valence-corrected chi connectivity index (χ2v) is 6.25. The van der Waals surface area contributed by atoms with Crippen LogP contribution in [0.5, 0.6) is 0 Å². The van der Waals surface area contributed by atoms with Gasteiger partial charge in [-0.2, -0.15) is 0 Å². The lowest BCUT2D eigenvalue weighted by atomic mass is 9.92. The van der Waals surface area contributed by atoms with Crippen LogP contribution in [-0.2, 0) is 6.54 Å². The van der Waals surface area contributed by atoms with Crippen LogP contribution in [0.3, 0.4) is 0 Å². The molecule has 20 heavy (non-hydrogen) atoms. The van der Waals surface area contributed by atoms with Gasteiger partial charge in [0.25, 0.3) is 0 Å². The molecule has 1 heterocycles. The van der Waals surface area contributed by atoms with Gasteiger partial charge >= 0.3 is 0 Å². The highest BCUT2D eigenvalue weighted by Crippen LogP contribution is 2.18. The van der Waals surface area contributed by atoms with Crippen molar-refractivity contribution in [1.82, 2.24) is 14.9 Å². The molecule has 0 bridgehead atoms. The van der Waals surface area contributed by atoms with Crippen LogP contribution in [0.25, 0.3) is 11.0 Å². The van der Waals surface area contributed by atoms with E-state index in [0.717, 1.165) is 25.6 Å². The topological polar surface area (TPSA) is 29.9 Å². The van der Waals surface area contributed by atoms with Crippen LogP contribution >= 0.6 is 0 Å². The van der Waals surface area contributed by atoms with Gasteiger partial charge in [0.05, 0.1) is 17.4 Å². The summed E-state index contributed by atoms with van der Waals surface area (Å²) in [6, 6.07) is 2.33. The zero-order valence-electron chi connectivity index (χ0n) is 12.2. The molecule has 1 aromatic carbocycles. The van der Waals surface area contributed by atoms with Gasteiger partial charge in [-0.15, -0.1) is 0 Å². The number of aromatic nitrogens is 2. The second-order valence-electron chi connectivity index (χ2n) is 6.25. The average Bonchev–Trinajstić information content (AvgIpc) is 2.71. The van der Waals surface area contributed by atoms with Crippen molar-refractivity contribution in [3.05, 3.63) is 30.1 Å². The first-order valence-electron chi connectivity index (χ1n) is 6.87. The molecule has 0 aliphatic heterocycles. The molecule has 1 aromatic heterocycles. The molecule has 0 amide bonds. The Bertz CT molecular complexity index is 585. The average molecular weight is 281 g/mol. The molecule has 0 fully saturated rings. The van der Waals surface area contributed by atoms with Crippen molar-refractivity contribution in [3.8, 4) is 0 Å². The van der Waals surface area contributed by atoms with Gasteiger partial charge in [-0.3, -0.25) is 0 Å². The van der Waals surface area contributed by atoms with Gasteiger partial charge in [0.15, 0.2) is 11.6 Å². The predicted molar refractivity (Wildman–Crippen MR) is 76.6 cm³/mol. The quantitative estimate of drug-likeness (QED) is 0.852. The molecule has 0 aliphatic carbocycles. The smallest absolute Gasteiger partial charge is 0.161 e. The highest BCUT2D eigenvalue weighted by Gasteiger charge is 2.10. The fourth-order valence-electron chi connectivity index (χ4n) is 2.02. The molecule has 3 nitrogen and oxygen atoms in total. The maximum atomic E-state index is 13.2. The molecule has 0 spiro atoms. The third kappa shape index (κ3) is 3.76.